The van der Waals surface area contributed by atoms with Crippen LogP contribution in [0.2, 0.25) is 0 Å². The summed E-state index contributed by atoms with van der Waals surface area (Å²) in [5, 5.41) is 5.68. The predicted octanol–water partition coefficient (Wildman–Crippen LogP) is 3.56. The lowest BCUT2D eigenvalue weighted by atomic mass is 10.2. The molecule has 2 aromatic rings. The summed E-state index contributed by atoms with van der Waals surface area (Å²) >= 11 is 0. The van der Waals surface area contributed by atoms with Gasteiger partial charge in [0.15, 0.2) is 0 Å². The van der Waals surface area contributed by atoms with E-state index in [1.807, 2.05) is 55.5 Å². The molecule has 2 N–H and O–H groups in total. The molecule has 0 spiro atoms. The van der Waals surface area contributed by atoms with Gasteiger partial charge in [0.25, 0.3) is 0 Å². The monoisotopic (exact) mass is 355 g/mol. The zero-order valence-corrected chi connectivity index (χ0v) is 15.0. The standard InChI is InChI=1S/C20H25N3O3/c1-2-26-19-6-4-3-5-18(19)22-20(24)21-17-9-7-16(8-10-17)15-23-11-13-25-14-12-23/h3-10H,2,11-15H2,1H3,(H2,21,22,24). The minimum absolute atomic E-state index is 0.293. The molecule has 0 saturated carbocycles. The number of para-hydroxylation sites is 2. The Labute approximate surface area is 154 Å². The molecule has 1 heterocycles. The van der Waals surface area contributed by atoms with Crippen LogP contribution in [0, 0.1) is 0 Å². The van der Waals surface area contributed by atoms with Gasteiger partial charge in [-0.15, -0.1) is 0 Å². The van der Waals surface area contributed by atoms with Crippen molar-refractivity contribution >= 4 is 17.4 Å². The summed E-state index contributed by atoms with van der Waals surface area (Å²) in [6.07, 6.45) is 0. The molecule has 2 amide bonds. The second-order valence-electron chi connectivity index (χ2n) is 6.09. The minimum Gasteiger partial charge on any atom is -0.492 e. The first-order valence-electron chi connectivity index (χ1n) is 8.93. The van der Waals surface area contributed by atoms with E-state index in [0.717, 1.165) is 38.5 Å². The molecule has 1 saturated heterocycles. The summed E-state index contributed by atoms with van der Waals surface area (Å²) < 4.78 is 10.9. The topological polar surface area (TPSA) is 62.8 Å². The molecular formula is C20H25N3O3. The van der Waals surface area contributed by atoms with Gasteiger partial charge in [-0.3, -0.25) is 4.90 Å². The van der Waals surface area contributed by atoms with Crippen LogP contribution >= 0.6 is 0 Å². The van der Waals surface area contributed by atoms with E-state index in [1.165, 1.54) is 5.56 Å². The number of benzene rings is 2. The van der Waals surface area contributed by atoms with E-state index in [9.17, 15) is 4.79 Å². The molecule has 0 aliphatic carbocycles. The van der Waals surface area contributed by atoms with E-state index in [0.29, 0.717) is 18.0 Å². The fourth-order valence-electron chi connectivity index (χ4n) is 2.85. The number of amides is 2. The van der Waals surface area contributed by atoms with Crippen LogP contribution in [-0.4, -0.2) is 43.8 Å². The quantitative estimate of drug-likeness (QED) is 0.832. The van der Waals surface area contributed by atoms with Gasteiger partial charge in [0, 0.05) is 25.3 Å². The highest BCUT2D eigenvalue weighted by atomic mass is 16.5. The highest BCUT2D eigenvalue weighted by Crippen LogP contribution is 2.24. The van der Waals surface area contributed by atoms with Crippen LogP contribution in [0.15, 0.2) is 48.5 Å². The van der Waals surface area contributed by atoms with Gasteiger partial charge in [0.2, 0.25) is 0 Å². The van der Waals surface area contributed by atoms with Crippen molar-refractivity contribution in [3.63, 3.8) is 0 Å². The van der Waals surface area contributed by atoms with E-state index in [-0.39, 0.29) is 6.03 Å². The van der Waals surface area contributed by atoms with Gasteiger partial charge in [-0.25, -0.2) is 4.79 Å². The summed E-state index contributed by atoms with van der Waals surface area (Å²) in [5.41, 5.74) is 2.62. The molecule has 0 atom stereocenters. The molecule has 1 aliphatic heterocycles. The maximum Gasteiger partial charge on any atom is 0.323 e. The number of ether oxygens (including phenoxy) is 2. The van der Waals surface area contributed by atoms with Crippen molar-refractivity contribution < 1.29 is 14.3 Å². The Morgan fingerprint density at radius 3 is 2.54 bits per heavy atom. The van der Waals surface area contributed by atoms with Crippen LogP contribution < -0.4 is 15.4 Å². The van der Waals surface area contributed by atoms with E-state index >= 15 is 0 Å². The van der Waals surface area contributed by atoms with Gasteiger partial charge < -0.3 is 20.1 Å². The molecule has 1 aliphatic rings. The molecule has 6 heteroatoms. The number of carbonyl (C=O) groups is 1. The second kappa shape index (κ2) is 9.22. The first kappa shape index (κ1) is 18.2. The minimum atomic E-state index is -0.293. The Balaban J connectivity index is 1.54. The molecule has 2 aromatic carbocycles. The first-order valence-corrected chi connectivity index (χ1v) is 8.93. The third kappa shape index (κ3) is 5.21. The maximum absolute atomic E-state index is 12.2. The molecule has 0 aromatic heterocycles. The molecule has 3 rings (SSSR count). The number of urea groups is 1. The molecule has 138 valence electrons. The normalized spacial score (nSPS) is 14.7. The molecule has 0 bridgehead atoms. The van der Waals surface area contributed by atoms with Crippen molar-refractivity contribution in [2.75, 3.05) is 43.5 Å². The van der Waals surface area contributed by atoms with Crippen molar-refractivity contribution in [1.82, 2.24) is 4.90 Å². The zero-order valence-electron chi connectivity index (χ0n) is 15.0. The van der Waals surface area contributed by atoms with Gasteiger partial charge in [-0.2, -0.15) is 0 Å². The van der Waals surface area contributed by atoms with Crippen LogP contribution in [0.4, 0.5) is 16.2 Å². The summed E-state index contributed by atoms with van der Waals surface area (Å²) in [4.78, 5) is 14.6. The fourth-order valence-corrected chi connectivity index (χ4v) is 2.85. The number of carbonyl (C=O) groups excluding carboxylic acids is 1. The van der Waals surface area contributed by atoms with Crippen molar-refractivity contribution in [3.05, 3.63) is 54.1 Å². The van der Waals surface area contributed by atoms with Crippen LogP contribution in [0.3, 0.4) is 0 Å². The second-order valence-corrected chi connectivity index (χ2v) is 6.09. The maximum atomic E-state index is 12.2. The molecule has 0 unspecified atom stereocenters. The molecule has 6 nitrogen and oxygen atoms in total. The predicted molar refractivity (Wildman–Crippen MR) is 103 cm³/mol. The van der Waals surface area contributed by atoms with Gasteiger partial charge in [-0.1, -0.05) is 24.3 Å². The Morgan fingerprint density at radius 1 is 1.08 bits per heavy atom. The zero-order chi connectivity index (χ0) is 18.2. The Morgan fingerprint density at radius 2 is 1.81 bits per heavy atom. The number of nitrogens with zero attached hydrogens (tertiary/aromatic N) is 1. The third-order valence-corrected chi connectivity index (χ3v) is 4.16. The van der Waals surface area contributed by atoms with Crippen molar-refractivity contribution in [2.24, 2.45) is 0 Å². The van der Waals surface area contributed by atoms with Crippen molar-refractivity contribution in [1.29, 1.82) is 0 Å². The van der Waals surface area contributed by atoms with Gasteiger partial charge in [0.05, 0.1) is 25.5 Å². The number of rotatable bonds is 6. The van der Waals surface area contributed by atoms with E-state index in [4.69, 9.17) is 9.47 Å². The number of anilines is 2. The SMILES string of the molecule is CCOc1ccccc1NC(=O)Nc1ccc(CN2CCOCC2)cc1. The smallest absolute Gasteiger partial charge is 0.323 e. The number of hydrogen-bond donors (Lipinski definition) is 2. The number of nitrogens with one attached hydrogen (secondary N) is 2. The average Bonchev–Trinajstić information content (AvgIpc) is 2.66. The largest absolute Gasteiger partial charge is 0.492 e. The van der Waals surface area contributed by atoms with Gasteiger partial charge in [-0.05, 0) is 36.8 Å². The highest BCUT2D eigenvalue weighted by Gasteiger charge is 2.11. The van der Waals surface area contributed by atoms with Crippen molar-refractivity contribution in [3.8, 4) is 5.75 Å². The first-order chi connectivity index (χ1) is 12.7. The lowest BCUT2D eigenvalue weighted by Gasteiger charge is -2.26. The fraction of sp³-hybridized carbons (Fsp3) is 0.350. The van der Waals surface area contributed by atoms with Crippen LogP contribution in [-0.2, 0) is 11.3 Å². The summed E-state index contributed by atoms with van der Waals surface area (Å²) in [5.74, 6) is 0.658. The van der Waals surface area contributed by atoms with Gasteiger partial charge in [0.1, 0.15) is 5.75 Å². The average molecular weight is 355 g/mol. The number of morpholine rings is 1. The van der Waals surface area contributed by atoms with Crippen LogP contribution in [0.25, 0.3) is 0 Å². The summed E-state index contributed by atoms with van der Waals surface area (Å²) in [6, 6.07) is 15.0. The van der Waals surface area contributed by atoms with E-state index in [1.54, 1.807) is 0 Å². The highest BCUT2D eigenvalue weighted by molar-refractivity contribution is 6.00. The number of hydrogen-bond acceptors (Lipinski definition) is 4. The van der Waals surface area contributed by atoms with E-state index in [2.05, 4.69) is 15.5 Å². The third-order valence-electron chi connectivity index (χ3n) is 4.16. The molecule has 1 fully saturated rings. The lowest BCUT2D eigenvalue weighted by molar-refractivity contribution is 0.0342. The molecule has 0 radical (unpaired) electrons. The molecular weight excluding hydrogens is 330 g/mol. The molecule has 26 heavy (non-hydrogen) atoms. The van der Waals surface area contributed by atoms with Crippen LogP contribution in [0.5, 0.6) is 5.75 Å². The Hall–Kier alpha value is -2.57. The Kier molecular flexibility index (Phi) is 6.46. The van der Waals surface area contributed by atoms with Gasteiger partial charge >= 0.3 is 6.03 Å². The van der Waals surface area contributed by atoms with E-state index < -0.39 is 0 Å². The Bertz CT molecular complexity index is 712. The lowest BCUT2D eigenvalue weighted by Crippen LogP contribution is -2.35. The van der Waals surface area contributed by atoms with Crippen LogP contribution in [0.1, 0.15) is 12.5 Å². The summed E-state index contributed by atoms with van der Waals surface area (Å²) in [7, 11) is 0. The van der Waals surface area contributed by atoms with Crippen molar-refractivity contribution in [2.45, 2.75) is 13.5 Å². The summed E-state index contributed by atoms with van der Waals surface area (Å²) in [6.45, 7) is 6.87.